The molecule has 0 saturated carbocycles. The van der Waals surface area contributed by atoms with Gasteiger partial charge in [-0.15, -0.1) is 11.8 Å². The van der Waals surface area contributed by atoms with Crippen LogP contribution in [0.25, 0.3) is 0 Å². The van der Waals surface area contributed by atoms with E-state index in [-0.39, 0.29) is 11.2 Å². The van der Waals surface area contributed by atoms with E-state index in [9.17, 15) is 4.79 Å². The third-order valence-corrected chi connectivity index (χ3v) is 3.79. The van der Waals surface area contributed by atoms with Crippen LogP contribution in [0.3, 0.4) is 0 Å². The maximum absolute atomic E-state index is 11.9. The average molecular weight is 287 g/mol. The van der Waals surface area contributed by atoms with Crippen molar-refractivity contribution in [2.24, 2.45) is 0 Å². The Morgan fingerprint density at radius 2 is 1.70 bits per heavy atom. The highest BCUT2D eigenvalue weighted by molar-refractivity contribution is 8.00. The lowest BCUT2D eigenvalue weighted by molar-refractivity contribution is -0.133. The molecule has 0 spiro atoms. The molecule has 2 aromatic rings. The minimum absolute atomic E-state index is 0.130. The maximum Gasteiger partial charge on any atom is 0.256 e. The molecule has 1 atom stereocenters. The second kappa shape index (κ2) is 7.72. The van der Waals surface area contributed by atoms with Crippen LogP contribution in [0.5, 0.6) is 0 Å². The van der Waals surface area contributed by atoms with E-state index in [1.165, 1.54) is 11.8 Å². The van der Waals surface area contributed by atoms with E-state index in [1.54, 1.807) is 0 Å². The van der Waals surface area contributed by atoms with Gasteiger partial charge in [-0.1, -0.05) is 48.5 Å². The Bertz CT molecular complexity index is 531. The lowest BCUT2D eigenvalue weighted by Crippen LogP contribution is -2.30. The summed E-state index contributed by atoms with van der Waals surface area (Å²) in [6.07, 6.45) is 0. The van der Waals surface area contributed by atoms with Crippen LogP contribution >= 0.6 is 11.8 Å². The van der Waals surface area contributed by atoms with Gasteiger partial charge in [0.15, 0.2) is 0 Å². The average Bonchev–Trinajstić information content (AvgIpc) is 2.49. The standard InChI is InChI=1S/C16H17NO2S/c1-13(20-15-10-6-3-7-11-15)16(18)17-19-12-14-8-4-2-5-9-14/h2-11,13H,12H2,1H3,(H,17,18). The van der Waals surface area contributed by atoms with Gasteiger partial charge in [-0.2, -0.15) is 0 Å². The molecule has 4 heteroatoms. The van der Waals surface area contributed by atoms with Crippen molar-refractivity contribution in [3.05, 3.63) is 66.2 Å². The van der Waals surface area contributed by atoms with E-state index < -0.39 is 0 Å². The number of rotatable bonds is 6. The Labute approximate surface area is 123 Å². The van der Waals surface area contributed by atoms with Crippen LogP contribution in [-0.2, 0) is 16.2 Å². The molecule has 3 nitrogen and oxygen atoms in total. The number of thioether (sulfide) groups is 1. The molecule has 0 radical (unpaired) electrons. The van der Waals surface area contributed by atoms with Gasteiger partial charge in [0.1, 0.15) is 0 Å². The van der Waals surface area contributed by atoms with Crippen LogP contribution < -0.4 is 5.48 Å². The van der Waals surface area contributed by atoms with Crippen molar-refractivity contribution >= 4 is 17.7 Å². The molecule has 104 valence electrons. The third kappa shape index (κ3) is 4.72. The van der Waals surface area contributed by atoms with E-state index in [0.717, 1.165) is 10.5 Å². The summed E-state index contributed by atoms with van der Waals surface area (Å²) in [4.78, 5) is 18.2. The van der Waals surface area contributed by atoms with Gasteiger partial charge in [-0.05, 0) is 24.6 Å². The Morgan fingerprint density at radius 3 is 2.35 bits per heavy atom. The van der Waals surface area contributed by atoms with Gasteiger partial charge in [-0.25, -0.2) is 5.48 Å². The summed E-state index contributed by atoms with van der Waals surface area (Å²) >= 11 is 1.51. The largest absolute Gasteiger partial charge is 0.272 e. The summed E-state index contributed by atoms with van der Waals surface area (Å²) in [7, 11) is 0. The predicted octanol–water partition coefficient (Wildman–Crippen LogP) is 3.42. The second-order valence-electron chi connectivity index (χ2n) is 4.31. The van der Waals surface area contributed by atoms with Crippen molar-refractivity contribution in [1.82, 2.24) is 5.48 Å². The summed E-state index contributed by atoms with van der Waals surface area (Å²) in [5, 5.41) is -0.201. The van der Waals surface area contributed by atoms with E-state index >= 15 is 0 Å². The minimum atomic E-state index is -0.201. The van der Waals surface area contributed by atoms with Gasteiger partial charge < -0.3 is 0 Å². The fourth-order valence-electron chi connectivity index (χ4n) is 1.60. The molecule has 0 saturated heterocycles. The number of hydroxylamine groups is 1. The van der Waals surface area contributed by atoms with E-state index in [4.69, 9.17) is 4.84 Å². The second-order valence-corrected chi connectivity index (χ2v) is 5.73. The lowest BCUT2D eigenvalue weighted by atomic mass is 10.2. The highest BCUT2D eigenvalue weighted by Gasteiger charge is 2.14. The van der Waals surface area contributed by atoms with E-state index in [1.807, 2.05) is 67.6 Å². The zero-order chi connectivity index (χ0) is 14.2. The first-order valence-electron chi connectivity index (χ1n) is 6.43. The van der Waals surface area contributed by atoms with Gasteiger partial charge in [0.2, 0.25) is 0 Å². The van der Waals surface area contributed by atoms with Gasteiger partial charge in [0, 0.05) is 4.90 Å². The molecule has 1 amide bonds. The van der Waals surface area contributed by atoms with Crippen molar-refractivity contribution in [2.45, 2.75) is 23.7 Å². The summed E-state index contributed by atoms with van der Waals surface area (Å²) < 4.78 is 0. The smallest absolute Gasteiger partial charge is 0.256 e. The highest BCUT2D eigenvalue weighted by atomic mass is 32.2. The number of benzene rings is 2. The fourth-order valence-corrected chi connectivity index (χ4v) is 2.48. The quantitative estimate of drug-likeness (QED) is 0.653. The summed E-state index contributed by atoms with van der Waals surface area (Å²) in [5.41, 5.74) is 3.52. The van der Waals surface area contributed by atoms with Crippen LogP contribution in [-0.4, -0.2) is 11.2 Å². The molecule has 0 aliphatic rings. The maximum atomic E-state index is 11.9. The van der Waals surface area contributed by atoms with Gasteiger partial charge in [-0.3, -0.25) is 9.63 Å². The highest BCUT2D eigenvalue weighted by Crippen LogP contribution is 2.22. The van der Waals surface area contributed by atoms with Crippen LogP contribution in [0.15, 0.2) is 65.6 Å². The number of hydrogen-bond donors (Lipinski definition) is 1. The van der Waals surface area contributed by atoms with Crippen molar-refractivity contribution in [3.63, 3.8) is 0 Å². The van der Waals surface area contributed by atoms with Crippen molar-refractivity contribution in [3.8, 4) is 0 Å². The van der Waals surface area contributed by atoms with Crippen molar-refractivity contribution in [2.75, 3.05) is 0 Å². The van der Waals surface area contributed by atoms with Crippen LogP contribution in [0.2, 0.25) is 0 Å². The van der Waals surface area contributed by atoms with Gasteiger partial charge in [0.25, 0.3) is 5.91 Å². The fraction of sp³-hybridized carbons (Fsp3) is 0.188. The third-order valence-electron chi connectivity index (χ3n) is 2.68. The molecule has 1 unspecified atom stereocenters. The Balaban J connectivity index is 1.74. The lowest BCUT2D eigenvalue weighted by Gasteiger charge is -2.11. The molecule has 1 N–H and O–H groups in total. The van der Waals surface area contributed by atoms with Gasteiger partial charge >= 0.3 is 0 Å². The SMILES string of the molecule is CC(Sc1ccccc1)C(=O)NOCc1ccccc1. The molecule has 0 fully saturated rings. The van der Waals surface area contributed by atoms with Gasteiger partial charge in [0.05, 0.1) is 11.9 Å². The first-order chi connectivity index (χ1) is 9.75. The molecule has 2 rings (SSSR count). The molecular weight excluding hydrogens is 270 g/mol. The van der Waals surface area contributed by atoms with Crippen LogP contribution in [0.4, 0.5) is 0 Å². The summed E-state index contributed by atoms with van der Waals surface area (Å²) in [6.45, 7) is 2.23. The Morgan fingerprint density at radius 1 is 1.10 bits per heavy atom. The first kappa shape index (κ1) is 14.6. The molecule has 0 aromatic heterocycles. The Kier molecular flexibility index (Phi) is 5.65. The molecule has 0 aliphatic heterocycles. The van der Waals surface area contributed by atoms with Crippen LogP contribution in [0, 0.1) is 0 Å². The topological polar surface area (TPSA) is 38.3 Å². The number of carbonyl (C=O) groups excluding carboxylic acids is 1. The summed E-state index contributed by atoms with van der Waals surface area (Å²) in [6, 6.07) is 19.6. The number of nitrogens with one attached hydrogen (secondary N) is 1. The molecule has 2 aromatic carbocycles. The number of amides is 1. The molecular formula is C16H17NO2S. The normalized spacial score (nSPS) is 11.8. The molecule has 0 bridgehead atoms. The number of hydrogen-bond acceptors (Lipinski definition) is 3. The summed E-state index contributed by atoms with van der Waals surface area (Å²) in [5.74, 6) is -0.130. The number of carbonyl (C=O) groups is 1. The molecule has 0 aliphatic carbocycles. The Hall–Kier alpha value is -1.78. The van der Waals surface area contributed by atoms with Crippen LogP contribution in [0.1, 0.15) is 12.5 Å². The van der Waals surface area contributed by atoms with E-state index in [0.29, 0.717) is 6.61 Å². The monoisotopic (exact) mass is 287 g/mol. The zero-order valence-corrected chi connectivity index (χ0v) is 12.1. The van der Waals surface area contributed by atoms with Crippen molar-refractivity contribution < 1.29 is 9.63 Å². The van der Waals surface area contributed by atoms with Crippen molar-refractivity contribution in [1.29, 1.82) is 0 Å². The van der Waals surface area contributed by atoms with E-state index in [2.05, 4.69) is 5.48 Å². The first-order valence-corrected chi connectivity index (χ1v) is 7.31. The predicted molar refractivity (Wildman–Crippen MR) is 81.1 cm³/mol. The molecule has 0 heterocycles. The zero-order valence-electron chi connectivity index (χ0n) is 11.3. The minimum Gasteiger partial charge on any atom is -0.272 e. The molecule has 20 heavy (non-hydrogen) atoms.